The van der Waals surface area contributed by atoms with Crippen molar-refractivity contribution in [1.82, 2.24) is 0 Å². The van der Waals surface area contributed by atoms with Gasteiger partial charge in [0.05, 0.1) is 27.9 Å². The molecule has 0 aliphatic heterocycles. The van der Waals surface area contributed by atoms with Gasteiger partial charge in [0.25, 0.3) is 5.91 Å². The number of nitriles is 1. The van der Waals surface area contributed by atoms with Gasteiger partial charge in [-0.2, -0.15) is 5.26 Å². The van der Waals surface area contributed by atoms with Crippen LogP contribution >= 0.6 is 11.6 Å². The van der Waals surface area contributed by atoms with Crippen molar-refractivity contribution >= 4 is 23.2 Å². The second kappa shape index (κ2) is 5.51. The molecule has 0 saturated carbocycles. The first-order valence-corrected chi connectivity index (χ1v) is 5.75. The van der Waals surface area contributed by atoms with Crippen LogP contribution in [0.15, 0.2) is 42.5 Å². The molecule has 0 radical (unpaired) electrons. The monoisotopic (exact) mass is 274 g/mol. The molecule has 5 heteroatoms. The third kappa shape index (κ3) is 2.90. The molecule has 0 spiro atoms. The Kier molecular flexibility index (Phi) is 3.79. The summed E-state index contributed by atoms with van der Waals surface area (Å²) >= 11 is 5.88. The minimum absolute atomic E-state index is 0.00363. The molecule has 2 rings (SSSR count). The quantitative estimate of drug-likeness (QED) is 0.909. The van der Waals surface area contributed by atoms with Crippen LogP contribution in [-0.4, -0.2) is 5.91 Å². The fourth-order valence-electron chi connectivity index (χ4n) is 1.52. The molecule has 19 heavy (non-hydrogen) atoms. The first kappa shape index (κ1) is 13.1. The van der Waals surface area contributed by atoms with Gasteiger partial charge in [0, 0.05) is 0 Å². The zero-order valence-electron chi connectivity index (χ0n) is 9.65. The fourth-order valence-corrected chi connectivity index (χ4v) is 1.74. The van der Waals surface area contributed by atoms with Crippen LogP contribution in [0.5, 0.6) is 0 Å². The molecule has 2 aromatic rings. The van der Waals surface area contributed by atoms with Crippen molar-refractivity contribution in [1.29, 1.82) is 5.26 Å². The molecule has 2 aromatic carbocycles. The van der Waals surface area contributed by atoms with Gasteiger partial charge in [0.15, 0.2) is 0 Å². The molecule has 0 aromatic heterocycles. The first-order chi connectivity index (χ1) is 9.11. The summed E-state index contributed by atoms with van der Waals surface area (Å²) in [5.41, 5.74) is 0.449. The van der Waals surface area contributed by atoms with Crippen LogP contribution in [0.1, 0.15) is 15.9 Å². The van der Waals surface area contributed by atoms with Crippen LogP contribution in [0.25, 0.3) is 0 Å². The lowest BCUT2D eigenvalue weighted by Gasteiger charge is -2.07. The van der Waals surface area contributed by atoms with Gasteiger partial charge in [-0.3, -0.25) is 4.79 Å². The van der Waals surface area contributed by atoms with Crippen molar-refractivity contribution in [2.24, 2.45) is 0 Å². The van der Waals surface area contributed by atoms with Crippen LogP contribution < -0.4 is 5.32 Å². The number of hydrogen-bond acceptors (Lipinski definition) is 2. The highest BCUT2D eigenvalue weighted by molar-refractivity contribution is 6.34. The Hall–Kier alpha value is -2.38. The topological polar surface area (TPSA) is 52.9 Å². The van der Waals surface area contributed by atoms with Crippen LogP contribution in [0.4, 0.5) is 10.1 Å². The molecule has 0 heterocycles. The predicted octanol–water partition coefficient (Wildman–Crippen LogP) is 3.60. The average molecular weight is 275 g/mol. The smallest absolute Gasteiger partial charge is 0.257 e. The summed E-state index contributed by atoms with van der Waals surface area (Å²) in [7, 11) is 0. The maximum Gasteiger partial charge on any atom is 0.257 e. The van der Waals surface area contributed by atoms with Gasteiger partial charge >= 0.3 is 0 Å². The van der Waals surface area contributed by atoms with E-state index in [1.165, 1.54) is 12.1 Å². The summed E-state index contributed by atoms with van der Waals surface area (Å²) < 4.78 is 13.6. The highest BCUT2D eigenvalue weighted by Crippen LogP contribution is 2.19. The number of halogens is 2. The predicted molar refractivity (Wildman–Crippen MR) is 70.5 cm³/mol. The fraction of sp³-hybridized carbons (Fsp3) is 0. The molecule has 0 atom stereocenters. The van der Waals surface area contributed by atoms with Gasteiger partial charge in [0.1, 0.15) is 5.82 Å². The summed E-state index contributed by atoms with van der Waals surface area (Å²) in [5, 5.41) is 11.3. The molecule has 94 valence electrons. The van der Waals surface area contributed by atoms with E-state index in [2.05, 4.69) is 5.32 Å². The Balaban J connectivity index is 2.25. The summed E-state index contributed by atoms with van der Waals surface area (Å²) in [5.74, 6) is -1.17. The van der Waals surface area contributed by atoms with E-state index in [0.717, 1.165) is 6.07 Å². The van der Waals surface area contributed by atoms with E-state index < -0.39 is 11.7 Å². The summed E-state index contributed by atoms with van der Waals surface area (Å²) in [6.45, 7) is 0. The number of nitrogens with one attached hydrogen (secondary N) is 1. The molecular weight excluding hydrogens is 267 g/mol. The van der Waals surface area contributed by atoms with Crippen LogP contribution in [-0.2, 0) is 0 Å². The SMILES string of the molecule is N#Cc1ccc(NC(=O)c2ccccc2Cl)c(F)c1. The van der Waals surface area contributed by atoms with Gasteiger partial charge in [-0.25, -0.2) is 4.39 Å². The third-order valence-corrected chi connectivity index (χ3v) is 2.79. The molecule has 1 amide bonds. The van der Waals surface area contributed by atoms with Gasteiger partial charge < -0.3 is 5.32 Å². The molecule has 0 unspecified atom stereocenters. The number of amides is 1. The van der Waals surface area contributed by atoms with Crippen molar-refractivity contribution in [3.05, 3.63) is 64.4 Å². The van der Waals surface area contributed by atoms with Crippen LogP contribution in [0.2, 0.25) is 5.02 Å². The van der Waals surface area contributed by atoms with E-state index in [1.54, 1.807) is 24.3 Å². The molecule has 0 saturated heterocycles. The van der Waals surface area contributed by atoms with Gasteiger partial charge in [-0.15, -0.1) is 0 Å². The van der Waals surface area contributed by atoms with E-state index >= 15 is 0 Å². The second-order valence-electron chi connectivity index (χ2n) is 3.74. The number of nitrogens with zero attached hydrogens (tertiary/aromatic N) is 1. The number of benzene rings is 2. The van der Waals surface area contributed by atoms with E-state index in [0.29, 0.717) is 0 Å². The van der Waals surface area contributed by atoms with Gasteiger partial charge in [-0.1, -0.05) is 23.7 Å². The third-order valence-electron chi connectivity index (χ3n) is 2.46. The first-order valence-electron chi connectivity index (χ1n) is 5.37. The lowest BCUT2D eigenvalue weighted by molar-refractivity contribution is 0.102. The molecular formula is C14H8ClFN2O. The van der Waals surface area contributed by atoms with Crippen LogP contribution in [0, 0.1) is 17.1 Å². The van der Waals surface area contributed by atoms with Gasteiger partial charge in [0.2, 0.25) is 0 Å². The number of anilines is 1. The molecule has 1 N–H and O–H groups in total. The summed E-state index contributed by atoms with van der Waals surface area (Å²) in [4.78, 5) is 11.9. The Bertz CT molecular complexity index is 679. The van der Waals surface area contributed by atoms with E-state index in [-0.39, 0.29) is 21.8 Å². The molecule has 0 bridgehead atoms. The number of rotatable bonds is 2. The lowest BCUT2D eigenvalue weighted by atomic mass is 10.2. The Labute approximate surface area is 114 Å². The zero-order valence-corrected chi connectivity index (χ0v) is 10.4. The highest BCUT2D eigenvalue weighted by atomic mass is 35.5. The van der Waals surface area contributed by atoms with Crippen molar-refractivity contribution in [3.63, 3.8) is 0 Å². The Morgan fingerprint density at radius 3 is 2.63 bits per heavy atom. The van der Waals surface area contributed by atoms with E-state index in [1.807, 2.05) is 6.07 Å². The number of hydrogen-bond donors (Lipinski definition) is 1. The van der Waals surface area contributed by atoms with Crippen molar-refractivity contribution in [2.45, 2.75) is 0 Å². The van der Waals surface area contributed by atoms with Gasteiger partial charge in [-0.05, 0) is 30.3 Å². The van der Waals surface area contributed by atoms with E-state index in [4.69, 9.17) is 16.9 Å². The molecule has 0 aliphatic rings. The normalized spacial score (nSPS) is 9.74. The van der Waals surface area contributed by atoms with Crippen LogP contribution in [0.3, 0.4) is 0 Å². The standard InChI is InChI=1S/C14H8ClFN2O/c15-11-4-2-1-3-10(11)14(19)18-13-6-5-9(8-17)7-12(13)16/h1-7H,(H,18,19). The minimum atomic E-state index is -0.667. The summed E-state index contributed by atoms with van der Waals surface area (Å²) in [6, 6.07) is 12.1. The molecule has 0 fully saturated rings. The average Bonchev–Trinajstić information content (AvgIpc) is 2.41. The highest BCUT2D eigenvalue weighted by Gasteiger charge is 2.12. The van der Waals surface area contributed by atoms with Crippen molar-refractivity contribution in [3.8, 4) is 6.07 Å². The van der Waals surface area contributed by atoms with Crippen molar-refractivity contribution in [2.75, 3.05) is 5.32 Å². The van der Waals surface area contributed by atoms with Crippen molar-refractivity contribution < 1.29 is 9.18 Å². The Morgan fingerprint density at radius 1 is 1.26 bits per heavy atom. The number of carbonyl (C=O) groups excluding carboxylic acids is 1. The zero-order chi connectivity index (χ0) is 13.8. The molecule has 3 nitrogen and oxygen atoms in total. The number of carbonyl (C=O) groups is 1. The maximum atomic E-state index is 13.6. The summed E-state index contributed by atoms with van der Waals surface area (Å²) in [6.07, 6.45) is 0. The Morgan fingerprint density at radius 2 is 2.00 bits per heavy atom. The largest absolute Gasteiger partial charge is 0.319 e. The minimum Gasteiger partial charge on any atom is -0.319 e. The lowest BCUT2D eigenvalue weighted by Crippen LogP contribution is -2.13. The second-order valence-corrected chi connectivity index (χ2v) is 4.15. The molecule has 0 aliphatic carbocycles. The maximum absolute atomic E-state index is 13.6. The van der Waals surface area contributed by atoms with E-state index in [9.17, 15) is 9.18 Å².